The minimum Gasteiger partial charge on any atom is -0.505 e. The minimum absolute atomic E-state index is 0.0167. The van der Waals surface area contributed by atoms with Crippen molar-refractivity contribution < 1.29 is 17.9 Å². The molecule has 0 amide bonds. The van der Waals surface area contributed by atoms with Crippen molar-refractivity contribution in [3.63, 3.8) is 0 Å². The molecule has 0 unspecified atom stereocenters. The quantitative estimate of drug-likeness (QED) is 0.840. The molecule has 0 saturated heterocycles. The maximum atomic E-state index is 12.8. The zero-order chi connectivity index (χ0) is 10.8. The Bertz CT molecular complexity index is 426. The third-order valence-corrected chi connectivity index (χ3v) is 3.67. The predicted molar refractivity (Wildman–Crippen MR) is 50.4 cm³/mol. The number of hydrogen-bond acceptors (Lipinski definition) is 3. The topological polar surface area (TPSA) is 54.4 Å². The number of benzene rings is 1. The molecule has 0 heterocycles. The van der Waals surface area contributed by atoms with E-state index in [9.17, 15) is 12.8 Å². The summed E-state index contributed by atoms with van der Waals surface area (Å²) in [6.07, 6.45) is 0.477. The molecule has 14 heavy (non-hydrogen) atoms. The van der Waals surface area contributed by atoms with Crippen molar-refractivity contribution in [1.82, 2.24) is 0 Å². The SMILES string of the molecule is CCCS(=O)(=O)c1ccc(O)c(F)c1. The van der Waals surface area contributed by atoms with Gasteiger partial charge in [-0.1, -0.05) is 6.92 Å². The Morgan fingerprint density at radius 3 is 2.57 bits per heavy atom. The van der Waals surface area contributed by atoms with E-state index in [0.29, 0.717) is 6.42 Å². The smallest absolute Gasteiger partial charge is 0.178 e. The third-order valence-electron chi connectivity index (χ3n) is 1.75. The summed E-state index contributed by atoms with van der Waals surface area (Å²) in [5.41, 5.74) is 0. The molecule has 1 aromatic rings. The van der Waals surface area contributed by atoms with Crippen molar-refractivity contribution in [1.29, 1.82) is 0 Å². The van der Waals surface area contributed by atoms with E-state index in [-0.39, 0.29) is 10.6 Å². The Kier molecular flexibility index (Phi) is 3.10. The summed E-state index contributed by atoms with van der Waals surface area (Å²) in [5.74, 6) is -1.47. The maximum Gasteiger partial charge on any atom is 0.178 e. The average molecular weight is 218 g/mol. The molecular weight excluding hydrogens is 207 g/mol. The summed E-state index contributed by atoms with van der Waals surface area (Å²) in [6.45, 7) is 1.73. The van der Waals surface area contributed by atoms with Crippen LogP contribution in [0.3, 0.4) is 0 Å². The summed E-state index contributed by atoms with van der Waals surface area (Å²) >= 11 is 0. The number of aromatic hydroxyl groups is 1. The lowest BCUT2D eigenvalue weighted by Gasteiger charge is -2.03. The van der Waals surface area contributed by atoms with Gasteiger partial charge in [0.1, 0.15) is 0 Å². The van der Waals surface area contributed by atoms with Crippen molar-refractivity contribution in [3.8, 4) is 5.75 Å². The Labute approximate surface area is 82.1 Å². The number of sulfone groups is 1. The highest BCUT2D eigenvalue weighted by Crippen LogP contribution is 2.20. The molecule has 78 valence electrons. The molecule has 0 aliphatic heterocycles. The van der Waals surface area contributed by atoms with Crippen LogP contribution in [0.5, 0.6) is 5.75 Å². The van der Waals surface area contributed by atoms with Crippen molar-refractivity contribution in [3.05, 3.63) is 24.0 Å². The van der Waals surface area contributed by atoms with Gasteiger partial charge < -0.3 is 5.11 Å². The highest BCUT2D eigenvalue weighted by molar-refractivity contribution is 7.91. The molecule has 0 radical (unpaired) electrons. The van der Waals surface area contributed by atoms with Crippen LogP contribution in [0.15, 0.2) is 23.1 Å². The average Bonchev–Trinajstić information content (AvgIpc) is 2.09. The van der Waals surface area contributed by atoms with Crippen LogP contribution in [0.1, 0.15) is 13.3 Å². The molecule has 0 spiro atoms. The summed E-state index contributed by atoms with van der Waals surface area (Å²) < 4.78 is 35.7. The fraction of sp³-hybridized carbons (Fsp3) is 0.333. The zero-order valence-electron chi connectivity index (χ0n) is 7.70. The molecule has 0 aliphatic carbocycles. The van der Waals surface area contributed by atoms with Gasteiger partial charge in [0.2, 0.25) is 0 Å². The Morgan fingerprint density at radius 2 is 2.07 bits per heavy atom. The van der Waals surface area contributed by atoms with Crippen molar-refractivity contribution in [2.45, 2.75) is 18.2 Å². The summed E-state index contributed by atoms with van der Waals surface area (Å²) in [4.78, 5) is -0.0883. The fourth-order valence-corrected chi connectivity index (χ4v) is 2.40. The van der Waals surface area contributed by atoms with E-state index < -0.39 is 21.4 Å². The minimum atomic E-state index is -3.40. The monoisotopic (exact) mass is 218 g/mol. The number of phenols is 1. The van der Waals surface area contributed by atoms with Crippen molar-refractivity contribution >= 4 is 9.84 Å². The molecule has 0 aromatic heterocycles. The molecule has 0 aliphatic rings. The second-order valence-electron chi connectivity index (χ2n) is 2.93. The molecule has 1 rings (SSSR count). The molecule has 5 heteroatoms. The number of halogens is 1. The van der Waals surface area contributed by atoms with E-state index in [1.807, 2.05) is 0 Å². The number of rotatable bonds is 3. The first-order valence-electron chi connectivity index (χ1n) is 4.18. The predicted octanol–water partition coefficient (Wildman–Crippen LogP) is 1.72. The standard InChI is InChI=1S/C9H11FO3S/c1-2-5-14(12,13)7-3-4-9(11)8(10)6-7/h3-4,6,11H,2,5H2,1H3. The third kappa shape index (κ3) is 2.23. The van der Waals surface area contributed by atoms with Crippen LogP contribution in [-0.4, -0.2) is 19.3 Å². The summed E-state index contributed by atoms with van der Waals surface area (Å²) in [6, 6.07) is 3.07. The van der Waals surface area contributed by atoms with Gasteiger partial charge in [-0.3, -0.25) is 0 Å². The molecule has 1 N–H and O–H groups in total. The van der Waals surface area contributed by atoms with E-state index in [2.05, 4.69) is 0 Å². The largest absolute Gasteiger partial charge is 0.505 e. The van der Waals surface area contributed by atoms with E-state index in [0.717, 1.165) is 12.1 Å². The molecular formula is C9H11FO3S. The van der Waals surface area contributed by atoms with Crippen molar-refractivity contribution in [2.24, 2.45) is 0 Å². The molecule has 0 atom stereocenters. The first kappa shape index (κ1) is 11.0. The van der Waals surface area contributed by atoms with Crippen molar-refractivity contribution in [2.75, 3.05) is 5.75 Å². The Morgan fingerprint density at radius 1 is 1.43 bits per heavy atom. The van der Waals surface area contributed by atoms with Gasteiger partial charge in [-0.15, -0.1) is 0 Å². The van der Waals surface area contributed by atoms with Crippen LogP contribution in [0, 0.1) is 5.82 Å². The second-order valence-corrected chi connectivity index (χ2v) is 5.04. The zero-order valence-corrected chi connectivity index (χ0v) is 8.51. The van der Waals surface area contributed by atoms with Crippen LogP contribution in [0.2, 0.25) is 0 Å². The highest BCUT2D eigenvalue weighted by Gasteiger charge is 2.14. The Hall–Kier alpha value is -1.10. The van der Waals surface area contributed by atoms with Crippen LogP contribution >= 0.6 is 0 Å². The number of hydrogen-bond donors (Lipinski definition) is 1. The van der Waals surface area contributed by atoms with Gasteiger partial charge in [0.25, 0.3) is 0 Å². The van der Waals surface area contributed by atoms with Crippen LogP contribution in [-0.2, 0) is 9.84 Å². The van der Waals surface area contributed by atoms with Gasteiger partial charge >= 0.3 is 0 Å². The lowest BCUT2D eigenvalue weighted by Crippen LogP contribution is -2.05. The van der Waals surface area contributed by atoms with Gasteiger partial charge in [0.15, 0.2) is 21.4 Å². The van der Waals surface area contributed by atoms with Gasteiger partial charge in [-0.05, 0) is 24.6 Å². The lowest BCUT2D eigenvalue weighted by atomic mass is 10.3. The van der Waals surface area contributed by atoms with E-state index in [4.69, 9.17) is 5.11 Å². The van der Waals surface area contributed by atoms with E-state index in [1.165, 1.54) is 6.07 Å². The van der Waals surface area contributed by atoms with Crippen LogP contribution in [0.25, 0.3) is 0 Å². The fourth-order valence-electron chi connectivity index (χ4n) is 1.07. The summed E-state index contributed by atoms with van der Waals surface area (Å²) in [5, 5.41) is 8.87. The first-order valence-corrected chi connectivity index (χ1v) is 5.84. The molecule has 0 saturated carbocycles. The van der Waals surface area contributed by atoms with E-state index in [1.54, 1.807) is 6.92 Å². The first-order chi connectivity index (χ1) is 6.47. The summed E-state index contributed by atoms with van der Waals surface area (Å²) in [7, 11) is -3.40. The molecule has 0 bridgehead atoms. The second kappa shape index (κ2) is 3.96. The molecule has 3 nitrogen and oxygen atoms in total. The lowest BCUT2D eigenvalue weighted by molar-refractivity contribution is 0.431. The van der Waals surface area contributed by atoms with Gasteiger partial charge in [-0.2, -0.15) is 0 Å². The normalized spacial score (nSPS) is 11.6. The van der Waals surface area contributed by atoms with Crippen LogP contribution in [0.4, 0.5) is 4.39 Å². The number of phenolic OH excluding ortho intramolecular Hbond substituents is 1. The van der Waals surface area contributed by atoms with E-state index >= 15 is 0 Å². The van der Waals surface area contributed by atoms with Gasteiger partial charge in [0.05, 0.1) is 10.6 Å². The maximum absolute atomic E-state index is 12.8. The molecule has 0 fully saturated rings. The highest BCUT2D eigenvalue weighted by atomic mass is 32.2. The van der Waals surface area contributed by atoms with Gasteiger partial charge in [0, 0.05) is 0 Å². The Balaban J connectivity index is 3.15. The van der Waals surface area contributed by atoms with Crippen LogP contribution < -0.4 is 0 Å². The van der Waals surface area contributed by atoms with Gasteiger partial charge in [-0.25, -0.2) is 12.8 Å². The molecule has 1 aromatic carbocycles.